The van der Waals surface area contributed by atoms with Crippen LogP contribution in [-0.2, 0) is 17.3 Å². The fraction of sp³-hybridized carbons (Fsp3) is 0.273. The van der Waals surface area contributed by atoms with E-state index in [1.165, 1.54) is 23.0 Å². The Balaban J connectivity index is 1.64. The number of nitrogens with zero attached hydrogens (tertiary/aromatic N) is 4. The van der Waals surface area contributed by atoms with Crippen molar-refractivity contribution in [3.05, 3.63) is 59.9 Å². The number of aryl methyl sites for hydroxylation is 1. The van der Waals surface area contributed by atoms with E-state index in [0.717, 1.165) is 6.26 Å². The molecule has 0 spiro atoms. The standard InChI is InChI=1S/C22H19F3N4O5/c1-2-13-10-14(4-5-15(13)21(31)32-9-3-8-30)34-20-19-27-11-17(29(19)7-6-26-20)16-12-33-28-18(16)22(23,24)25/h4-7,10-12,30H,2-3,8-9H2,1H3. The fourth-order valence-corrected chi connectivity index (χ4v) is 3.33. The quantitative estimate of drug-likeness (QED) is 0.296. The first-order valence-electron chi connectivity index (χ1n) is 10.3. The number of halogens is 3. The number of hydrogen-bond donors (Lipinski definition) is 1. The SMILES string of the molecule is CCc1cc(Oc2nccn3c(-c4conc4C(F)(F)F)cnc23)ccc1C(=O)OCCCO. The molecule has 1 N–H and O–H groups in total. The molecule has 0 saturated heterocycles. The van der Waals surface area contributed by atoms with E-state index in [4.69, 9.17) is 14.6 Å². The lowest BCUT2D eigenvalue weighted by molar-refractivity contribution is -0.142. The monoisotopic (exact) mass is 476 g/mol. The molecular formula is C22H19F3N4O5. The van der Waals surface area contributed by atoms with Crippen molar-refractivity contribution in [2.45, 2.75) is 25.9 Å². The number of aliphatic hydroxyl groups is 1. The van der Waals surface area contributed by atoms with Crippen LogP contribution in [0.15, 0.2) is 47.6 Å². The molecule has 0 bridgehead atoms. The zero-order valence-corrected chi connectivity index (χ0v) is 17.9. The third-order valence-electron chi connectivity index (χ3n) is 4.94. The molecule has 4 rings (SSSR count). The summed E-state index contributed by atoms with van der Waals surface area (Å²) in [6, 6.07) is 4.76. The summed E-state index contributed by atoms with van der Waals surface area (Å²) in [6.07, 6.45) is 1.11. The Kier molecular flexibility index (Phi) is 6.50. The van der Waals surface area contributed by atoms with Crippen molar-refractivity contribution in [2.75, 3.05) is 13.2 Å². The summed E-state index contributed by atoms with van der Waals surface area (Å²) < 4.78 is 56.7. The van der Waals surface area contributed by atoms with Gasteiger partial charge in [-0.25, -0.2) is 14.8 Å². The molecule has 0 aliphatic carbocycles. The van der Waals surface area contributed by atoms with E-state index in [1.54, 1.807) is 18.2 Å². The van der Waals surface area contributed by atoms with Gasteiger partial charge in [-0.05, 0) is 30.2 Å². The molecule has 12 heteroatoms. The van der Waals surface area contributed by atoms with Gasteiger partial charge in [0.15, 0.2) is 5.69 Å². The number of imidazole rings is 1. The summed E-state index contributed by atoms with van der Waals surface area (Å²) in [5.74, 6) is -0.0990. The van der Waals surface area contributed by atoms with Gasteiger partial charge in [-0.2, -0.15) is 13.2 Å². The van der Waals surface area contributed by atoms with Gasteiger partial charge < -0.3 is 19.1 Å². The van der Waals surface area contributed by atoms with Crippen LogP contribution in [0.5, 0.6) is 11.6 Å². The van der Waals surface area contributed by atoms with Crippen LogP contribution < -0.4 is 4.74 Å². The van der Waals surface area contributed by atoms with E-state index in [9.17, 15) is 18.0 Å². The first-order chi connectivity index (χ1) is 16.3. The highest BCUT2D eigenvalue weighted by Crippen LogP contribution is 2.37. The van der Waals surface area contributed by atoms with Crippen LogP contribution in [0.2, 0.25) is 0 Å². The van der Waals surface area contributed by atoms with Crippen LogP contribution in [0, 0.1) is 0 Å². The highest BCUT2D eigenvalue weighted by Gasteiger charge is 2.38. The average molecular weight is 476 g/mol. The molecule has 9 nitrogen and oxygen atoms in total. The molecule has 0 aliphatic heterocycles. The van der Waals surface area contributed by atoms with Crippen molar-refractivity contribution in [3.63, 3.8) is 0 Å². The summed E-state index contributed by atoms with van der Waals surface area (Å²) in [5.41, 5.74) is -0.114. The van der Waals surface area contributed by atoms with Crippen molar-refractivity contribution < 1.29 is 37.1 Å². The predicted octanol–water partition coefficient (Wildman–Crippen LogP) is 4.30. The highest BCUT2D eigenvalue weighted by atomic mass is 19.4. The molecule has 0 saturated carbocycles. The number of rotatable bonds is 8. The molecule has 4 aromatic rings. The molecule has 3 heterocycles. The first kappa shape index (κ1) is 23.2. The minimum absolute atomic E-state index is 0.0547. The van der Waals surface area contributed by atoms with Crippen LogP contribution >= 0.6 is 0 Å². The van der Waals surface area contributed by atoms with Gasteiger partial charge in [-0.15, -0.1) is 0 Å². The maximum atomic E-state index is 13.3. The second-order valence-electron chi connectivity index (χ2n) is 7.13. The van der Waals surface area contributed by atoms with E-state index in [0.29, 0.717) is 29.7 Å². The largest absolute Gasteiger partial charge is 0.462 e. The first-order valence-corrected chi connectivity index (χ1v) is 10.3. The number of aliphatic hydroxyl groups excluding tert-OH is 1. The summed E-state index contributed by atoms with van der Waals surface area (Å²) in [6.45, 7) is 1.89. The molecule has 0 atom stereocenters. The number of alkyl halides is 3. The Morgan fingerprint density at radius 2 is 2.09 bits per heavy atom. The van der Waals surface area contributed by atoms with Crippen molar-refractivity contribution in [1.29, 1.82) is 0 Å². The van der Waals surface area contributed by atoms with Gasteiger partial charge in [0.25, 0.3) is 5.88 Å². The lowest BCUT2D eigenvalue weighted by Crippen LogP contribution is -2.10. The Morgan fingerprint density at radius 3 is 2.82 bits per heavy atom. The number of carbonyl (C=O) groups is 1. The summed E-state index contributed by atoms with van der Waals surface area (Å²) in [7, 11) is 0. The van der Waals surface area contributed by atoms with E-state index in [1.807, 2.05) is 6.92 Å². The summed E-state index contributed by atoms with van der Waals surface area (Å²) in [4.78, 5) is 20.6. The maximum absolute atomic E-state index is 13.3. The number of esters is 1. The molecule has 0 amide bonds. The third-order valence-corrected chi connectivity index (χ3v) is 4.94. The molecule has 3 aromatic heterocycles. The minimum atomic E-state index is -4.70. The second-order valence-corrected chi connectivity index (χ2v) is 7.13. The van der Waals surface area contributed by atoms with Crippen molar-refractivity contribution in [1.82, 2.24) is 19.5 Å². The number of ether oxygens (including phenoxy) is 2. The lowest BCUT2D eigenvalue weighted by Gasteiger charge is -2.11. The Morgan fingerprint density at radius 1 is 1.26 bits per heavy atom. The molecule has 0 unspecified atom stereocenters. The van der Waals surface area contributed by atoms with Crippen molar-refractivity contribution >= 4 is 11.6 Å². The van der Waals surface area contributed by atoms with E-state index in [-0.39, 0.29) is 36.0 Å². The molecule has 0 fully saturated rings. The van der Waals surface area contributed by atoms with Crippen LogP contribution in [-0.4, -0.2) is 43.8 Å². The van der Waals surface area contributed by atoms with E-state index < -0.39 is 17.8 Å². The molecule has 0 aliphatic rings. The summed E-state index contributed by atoms with van der Waals surface area (Å²) >= 11 is 0. The number of fused-ring (bicyclic) bond motifs is 1. The topological polar surface area (TPSA) is 112 Å². The van der Waals surface area contributed by atoms with Gasteiger partial charge in [0.1, 0.15) is 12.0 Å². The van der Waals surface area contributed by atoms with Gasteiger partial charge in [-0.1, -0.05) is 12.1 Å². The number of benzene rings is 1. The van der Waals surface area contributed by atoms with Gasteiger partial charge in [0, 0.05) is 25.4 Å². The predicted molar refractivity (Wildman–Crippen MR) is 111 cm³/mol. The fourth-order valence-electron chi connectivity index (χ4n) is 3.33. The Hall–Kier alpha value is -3.93. The molecule has 0 radical (unpaired) electrons. The van der Waals surface area contributed by atoms with Gasteiger partial charge in [0.2, 0.25) is 5.65 Å². The zero-order valence-electron chi connectivity index (χ0n) is 17.9. The zero-order chi connectivity index (χ0) is 24.3. The van der Waals surface area contributed by atoms with Gasteiger partial charge in [-0.3, -0.25) is 4.40 Å². The number of carbonyl (C=O) groups excluding carboxylic acids is 1. The lowest BCUT2D eigenvalue weighted by atomic mass is 10.0. The number of aromatic nitrogens is 4. The Bertz CT molecular complexity index is 1320. The third kappa shape index (κ3) is 4.57. The smallest absolute Gasteiger partial charge is 0.437 e. The van der Waals surface area contributed by atoms with Crippen LogP contribution in [0.4, 0.5) is 13.2 Å². The maximum Gasteiger partial charge on any atom is 0.437 e. The van der Waals surface area contributed by atoms with E-state index in [2.05, 4.69) is 19.6 Å². The van der Waals surface area contributed by atoms with Crippen LogP contribution in [0.25, 0.3) is 16.9 Å². The van der Waals surface area contributed by atoms with Crippen molar-refractivity contribution in [2.24, 2.45) is 0 Å². The van der Waals surface area contributed by atoms with E-state index >= 15 is 0 Å². The normalized spacial score (nSPS) is 11.7. The van der Waals surface area contributed by atoms with Gasteiger partial charge >= 0.3 is 12.1 Å². The Labute approximate surface area is 190 Å². The van der Waals surface area contributed by atoms with Crippen LogP contribution in [0.1, 0.15) is 35.0 Å². The molecule has 178 valence electrons. The highest BCUT2D eigenvalue weighted by molar-refractivity contribution is 5.91. The molecular weight excluding hydrogens is 457 g/mol. The van der Waals surface area contributed by atoms with Crippen molar-refractivity contribution in [3.8, 4) is 22.9 Å². The summed E-state index contributed by atoms with van der Waals surface area (Å²) in [5, 5.41) is 11.9. The molecule has 1 aromatic carbocycles. The minimum Gasteiger partial charge on any atom is -0.462 e. The number of hydrogen-bond acceptors (Lipinski definition) is 8. The second kappa shape index (κ2) is 9.51. The average Bonchev–Trinajstić information content (AvgIpc) is 3.46. The molecule has 34 heavy (non-hydrogen) atoms. The van der Waals surface area contributed by atoms with Crippen LogP contribution in [0.3, 0.4) is 0 Å². The van der Waals surface area contributed by atoms with Gasteiger partial charge in [0.05, 0.1) is 29.6 Å².